The molecular formula is C18H23N5OS+2. The Hall–Kier alpha value is -2.67. The standard InChI is InChI=1S/C18H22N5OS/c1-22-16(12-23-11-15(24-2)8-9-17(22)23)14-6-4-13(5-7-14)10-20-21-18(19)25-3/h4-9,11-12,20H,10H2,1-3H3,(H2,19,21)/q+1/p+1. The SMILES string of the molecule is COc1ccc2n(C)c(-c3ccc(CN[NH+]=C(N)SC)cc3)c[n+]2c1. The van der Waals surface area contributed by atoms with Crippen LogP contribution >= 0.6 is 11.8 Å². The van der Waals surface area contributed by atoms with Crippen LogP contribution in [0.4, 0.5) is 0 Å². The number of aryl methyl sites for hydroxylation is 1. The van der Waals surface area contributed by atoms with Crippen LogP contribution in [0.25, 0.3) is 16.9 Å². The maximum atomic E-state index is 5.70. The van der Waals surface area contributed by atoms with Crippen LogP contribution in [0.15, 0.2) is 48.8 Å². The number of imidazole rings is 1. The van der Waals surface area contributed by atoms with Crippen molar-refractivity contribution in [3.63, 3.8) is 0 Å². The molecule has 0 saturated heterocycles. The van der Waals surface area contributed by atoms with E-state index in [1.807, 2.05) is 18.5 Å². The van der Waals surface area contributed by atoms with Crippen LogP contribution in [-0.4, -0.2) is 23.1 Å². The number of hydrogen-bond donors (Lipinski definition) is 3. The third-order valence-corrected chi connectivity index (χ3v) is 4.65. The summed E-state index contributed by atoms with van der Waals surface area (Å²) in [5.74, 6) is 0.838. The lowest BCUT2D eigenvalue weighted by Crippen LogP contribution is -2.83. The highest BCUT2D eigenvalue weighted by Gasteiger charge is 2.16. The summed E-state index contributed by atoms with van der Waals surface area (Å²) < 4.78 is 9.55. The molecule has 4 N–H and O–H groups in total. The Bertz CT molecular complexity index is 902. The van der Waals surface area contributed by atoms with Gasteiger partial charge in [0.1, 0.15) is 12.4 Å². The summed E-state index contributed by atoms with van der Waals surface area (Å²) in [6.45, 7) is 0.697. The first-order valence-corrected chi connectivity index (χ1v) is 9.14. The van der Waals surface area contributed by atoms with Crippen molar-refractivity contribution in [1.29, 1.82) is 0 Å². The molecule has 6 nitrogen and oxygen atoms in total. The van der Waals surface area contributed by atoms with E-state index in [4.69, 9.17) is 10.5 Å². The van der Waals surface area contributed by atoms with Gasteiger partial charge in [-0.2, -0.15) is 9.50 Å². The van der Waals surface area contributed by atoms with Crippen molar-refractivity contribution in [3.05, 3.63) is 54.4 Å². The van der Waals surface area contributed by atoms with Crippen molar-refractivity contribution < 1.29 is 14.2 Å². The fraction of sp³-hybridized carbons (Fsp3) is 0.222. The highest BCUT2D eigenvalue weighted by molar-refractivity contribution is 8.12. The third-order valence-electron chi connectivity index (χ3n) is 4.10. The molecule has 25 heavy (non-hydrogen) atoms. The van der Waals surface area contributed by atoms with Crippen LogP contribution in [-0.2, 0) is 13.6 Å². The number of rotatable bonds is 5. The van der Waals surface area contributed by atoms with E-state index in [1.165, 1.54) is 17.3 Å². The molecule has 0 spiro atoms. The molecule has 0 aliphatic rings. The first kappa shape index (κ1) is 17.2. The molecule has 0 unspecified atom stereocenters. The molecule has 0 aliphatic carbocycles. The van der Waals surface area contributed by atoms with E-state index >= 15 is 0 Å². The van der Waals surface area contributed by atoms with E-state index in [0.717, 1.165) is 22.7 Å². The lowest BCUT2D eigenvalue weighted by atomic mass is 10.1. The molecule has 7 heteroatoms. The van der Waals surface area contributed by atoms with E-state index < -0.39 is 0 Å². The molecule has 0 bridgehead atoms. The van der Waals surface area contributed by atoms with E-state index in [1.54, 1.807) is 7.11 Å². The number of hydrogen-bond acceptors (Lipinski definition) is 3. The number of amidine groups is 1. The number of pyridine rings is 1. The quantitative estimate of drug-likeness (QED) is 0.264. The topological polar surface area (TPSA) is 70.3 Å². The van der Waals surface area contributed by atoms with Crippen molar-refractivity contribution >= 4 is 22.6 Å². The average Bonchev–Trinajstić information content (AvgIpc) is 2.98. The van der Waals surface area contributed by atoms with Gasteiger partial charge < -0.3 is 4.74 Å². The van der Waals surface area contributed by atoms with E-state index in [9.17, 15) is 0 Å². The largest absolute Gasteiger partial charge is 0.493 e. The first-order chi connectivity index (χ1) is 12.1. The second kappa shape index (κ2) is 7.48. The zero-order chi connectivity index (χ0) is 17.8. The van der Waals surface area contributed by atoms with Gasteiger partial charge in [0, 0.05) is 11.6 Å². The molecule has 0 amide bonds. The van der Waals surface area contributed by atoms with Gasteiger partial charge in [-0.1, -0.05) is 24.3 Å². The minimum Gasteiger partial charge on any atom is -0.493 e. The minimum atomic E-state index is 0.652. The predicted molar refractivity (Wildman–Crippen MR) is 101 cm³/mol. The van der Waals surface area contributed by atoms with Crippen molar-refractivity contribution in [3.8, 4) is 17.0 Å². The number of ether oxygens (including phenoxy) is 1. The minimum absolute atomic E-state index is 0.652. The summed E-state index contributed by atoms with van der Waals surface area (Å²) in [4.78, 5) is 0. The van der Waals surface area contributed by atoms with Crippen molar-refractivity contribution in [2.45, 2.75) is 6.54 Å². The fourth-order valence-electron chi connectivity index (χ4n) is 2.69. The second-order valence-electron chi connectivity index (χ2n) is 5.65. The molecule has 0 atom stereocenters. The smallest absolute Gasteiger partial charge is 0.324 e. The van der Waals surface area contributed by atoms with Gasteiger partial charge in [-0.05, 0) is 29.6 Å². The van der Waals surface area contributed by atoms with Crippen molar-refractivity contribution in [2.75, 3.05) is 13.4 Å². The lowest BCUT2D eigenvalue weighted by Gasteiger charge is -2.02. The van der Waals surface area contributed by atoms with Gasteiger partial charge in [0.15, 0.2) is 11.4 Å². The van der Waals surface area contributed by atoms with Crippen LogP contribution in [0.1, 0.15) is 5.56 Å². The molecule has 2 heterocycles. The van der Waals surface area contributed by atoms with E-state index in [2.05, 4.69) is 63.1 Å². The number of aromatic nitrogens is 2. The van der Waals surface area contributed by atoms with Gasteiger partial charge in [0.25, 0.3) is 5.65 Å². The Balaban J connectivity index is 1.82. The molecule has 0 aliphatic heterocycles. The summed E-state index contributed by atoms with van der Waals surface area (Å²) in [7, 11) is 3.75. The first-order valence-electron chi connectivity index (χ1n) is 7.91. The summed E-state index contributed by atoms with van der Waals surface area (Å²) in [5, 5.41) is 3.61. The van der Waals surface area contributed by atoms with Crippen LogP contribution in [0.2, 0.25) is 0 Å². The third kappa shape index (κ3) is 3.71. The molecule has 0 fully saturated rings. The number of thioether (sulfide) groups is 1. The van der Waals surface area contributed by atoms with Gasteiger partial charge >= 0.3 is 5.17 Å². The highest BCUT2D eigenvalue weighted by Crippen LogP contribution is 2.21. The second-order valence-corrected chi connectivity index (χ2v) is 6.50. The summed E-state index contributed by atoms with van der Waals surface area (Å²) in [6, 6.07) is 12.5. The number of methoxy groups -OCH3 is 1. The number of nitrogens with two attached hydrogens (primary N) is 1. The molecule has 0 saturated carbocycles. The number of nitrogens with zero attached hydrogens (tertiary/aromatic N) is 2. The molecule has 3 aromatic rings. The normalized spacial score (nSPS) is 11.7. The van der Waals surface area contributed by atoms with Gasteiger partial charge in [-0.25, -0.2) is 4.57 Å². The molecule has 0 radical (unpaired) electrons. The van der Waals surface area contributed by atoms with Crippen molar-refractivity contribution in [2.24, 2.45) is 12.8 Å². The lowest BCUT2D eigenvalue weighted by molar-refractivity contribution is -0.527. The number of hydrazine groups is 1. The Labute approximate surface area is 151 Å². The van der Waals surface area contributed by atoms with Gasteiger partial charge in [-0.15, -0.1) is 0 Å². The van der Waals surface area contributed by atoms with Crippen molar-refractivity contribution in [1.82, 2.24) is 9.99 Å². The Kier molecular flexibility index (Phi) is 5.14. The van der Waals surface area contributed by atoms with E-state index in [-0.39, 0.29) is 0 Å². The number of hydrazone groups is 1. The molecule has 130 valence electrons. The fourth-order valence-corrected chi connectivity index (χ4v) is 2.86. The van der Waals surface area contributed by atoms with Crippen LogP contribution in [0.5, 0.6) is 5.75 Å². The predicted octanol–water partition coefficient (Wildman–Crippen LogP) is 0.202. The zero-order valence-electron chi connectivity index (χ0n) is 14.6. The maximum absolute atomic E-state index is 5.70. The molecule has 2 aromatic heterocycles. The number of benzene rings is 1. The average molecular weight is 357 g/mol. The van der Waals surface area contributed by atoms with Gasteiger partial charge in [0.2, 0.25) is 0 Å². The van der Waals surface area contributed by atoms with Gasteiger partial charge in [-0.3, -0.25) is 11.2 Å². The van der Waals surface area contributed by atoms with Crippen LogP contribution in [0.3, 0.4) is 0 Å². The highest BCUT2D eigenvalue weighted by atomic mass is 32.2. The Morgan fingerprint density at radius 3 is 2.68 bits per heavy atom. The summed E-state index contributed by atoms with van der Waals surface area (Å²) in [6.07, 6.45) is 6.02. The number of nitrogens with one attached hydrogen (secondary N) is 2. The van der Waals surface area contributed by atoms with Crippen LogP contribution in [0, 0.1) is 0 Å². The Morgan fingerprint density at radius 2 is 2.00 bits per heavy atom. The van der Waals surface area contributed by atoms with Crippen LogP contribution < -0.4 is 25.4 Å². The van der Waals surface area contributed by atoms with E-state index in [0.29, 0.717) is 11.7 Å². The zero-order valence-corrected chi connectivity index (χ0v) is 15.4. The summed E-state index contributed by atoms with van der Waals surface area (Å²) in [5.41, 5.74) is 13.4. The van der Waals surface area contributed by atoms with Gasteiger partial charge in [0.05, 0.1) is 20.7 Å². The monoisotopic (exact) mass is 357 g/mol. The molecule has 3 rings (SSSR count). The number of fused-ring (bicyclic) bond motifs is 1. The molecule has 1 aromatic carbocycles. The molecular weight excluding hydrogens is 334 g/mol. The summed E-state index contributed by atoms with van der Waals surface area (Å²) >= 11 is 1.47. The maximum Gasteiger partial charge on any atom is 0.324 e. The Morgan fingerprint density at radius 1 is 1.24 bits per heavy atom.